The zero-order valence-corrected chi connectivity index (χ0v) is 8.06. The molecule has 1 aromatic rings. The first-order chi connectivity index (χ1) is 5.95. The molecule has 1 aromatic carbocycles. The molecule has 0 aromatic heterocycles. The topological polar surface area (TPSA) is 0 Å². The lowest BCUT2D eigenvalue weighted by molar-refractivity contribution is 0.519. The third-order valence-corrected chi connectivity index (χ3v) is 2.09. The molecule has 0 atom stereocenters. The zero-order valence-electron chi connectivity index (χ0n) is 6.54. The van der Waals surface area contributed by atoms with Crippen molar-refractivity contribution in [3.05, 3.63) is 34.6 Å². The van der Waals surface area contributed by atoms with E-state index in [0.717, 1.165) is 0 Å². The fourth-order valence-electron chi connectivity index (χ4n) is 0.909. The summed E-state index contributed by atoms with van der Waals surface area (Å²) in [5, 5.41) is 0. The summed E-state index contributed by atoms with van der Waals surface area (Å²) in [5.74, 6) is -3.06. The van der Waals surface area contributed by atoms with E-state index in [-0.39, 0.29) is 5.56 Å². The molecular formula is C8H5Cl2F3. The van der Waals surface area contributed by atoms with Gasteiger partial charge in [0.15, 0.2) is 0 Å². The maximum atomic E-state index is 13.1. The number of rotatable bonds is 1. The summed E-state index contributed by atoms with van der Waals surface area (Å²) in [6.45, 7) is 1.18. The molecular weight excluding hydrogens is 224 g/mol. The minimum atomic E-state index is -1.33. The Kier molecular flexibility index (Phi) is 3.09. The molecule has 0 aliphatic carbocycles. The lowest BCUT2D eigenvalue weighted by Gasteiger charge is -2.08. The fraction of sp³-hybridized carbons (Fsp3) is 0.250. The summed E-state index contributed by atoms with van der Waals surface area (Å²) >= 11 is 10.6. The van der Waals surface area contributed by atoms with Crippen molar-refractivity contribution in [1.82, 2.24) is 0 Å². The van der Waals surface area contributed by atoms with Gasteiger partial charge < -0.3 is 0 Å². The summed E-state index contributed by atoms with van der Waals surface area (Å²) in [7, 11) is 0. The molecule has 5 heteroatoms. The van der Waals surface area contributed by atoms with Crippen LogP contribution in [0, 0.1) is 24.4 Å². The van der Waals surface area contributed by atoms with E-state index in [9.17, 15) is 13.2 Å². The molecule has 72 valence electrons. The van der Waals surface area contributed by atoms with Crippen molar-refractivity contribution < 1.29 is 13.2 Å². The Morgan fingerprint density at radius 2 is 1.69 bits per heavy atom. The molecule has 0 aliphatic rings. The first-order valence-corrected chi connectivity index (χ1v) is 4.24. The van der Waals surface area contributed by atoms with Gasteiger partial charge in [-0.3, -0.25) is 0 Å². The first kappa shape index (κ1) is 10.7. The third-order valence-electron chi connectivity index (χ3n) is 1.65. The Labute approximate surface area is 83.3 Å². The highest BCUT2D eigenvalue weighted by Crippen LogP contribution is 2.31. The number of benzene rings is 1. The van der Waals surface area contributed by atoms with E-state index in [0.29, 0.717) is 6.07 Å². The summed E-state index contributed by atoms with van der Waals surface area (Å²) in [6, 6.07) is 0.561. The van der Waals surface area contributed by atoms with Gasteiger partial charge in [-0.2, -0.15) is 0 Å². The fourth-order valence-corrected chi connectivity index (χ4v) is 1.31. The van der Waals surface area contributed by atoms with Crippen LogP contribution >= 0.6 is 23.2 Å². The molecule has 0 nitrogen and oxygen atoms in total. The van der Waals surface area contributed by atoms with Gasteiger partial charge in [0.1, 0.15) is 22.3 Å². The molecule has 0 saturated carbocycles. The van der Waals surface area contributed by atoms with Gasteiger partial charge in [0, 0.05) is 11.6 Å². The molecule has 0 spiro atoms. The molecule has 0 radical (unpaired) electrons. The SMILES string of the molecule is Cc1c(F)cc(F)c(C(Cl)Cl)c1F. The monoisotopic (exact) mass is 228 g/mol. The molecule has 0 heterocycles. The van der Waals surface area contributed by atoms with Crippen LogP contribution in [0.15, 0.2) is 6.07 Å². The highest BCUT2D eigenvalue weighted by Gasteiger charge is 2.20. The van der Waals surface area contributed by atoms with Gasteiger partial charge in [0.05, 0.1) is 5.56 Å². The van der Waals surface area contributed by atoms with Crippen molar-refractivity contribution >= 4 is 23.2 Å². The minimum Gasteiger partial charge on any atom is -0.206 e. The molecule has 0 bridgehead atoms. The van der Waals surface area contributed by atoms with E-state index >= 15 is 0 Å². The van der Waals surface area contributed by atoms with Crippen LogP contribution in [0.25, 0.3) is 0 Å². The molecule has 13 heavy (non-hydrogen) atoms. The van der Waals surface area contributed by atoms with Crippen LogP contribution < -0.4 is 0 Å². The molecule has 0 fully saturated rings. The predicted molar refractivity (Wildman–Crippen MR) is 45.5 cm³/mol. The van der Waals surface area contributed by atoms with Crippen molar-refractivity contribution in [1.29, 1.82) is 0 Å². The van der Waals surface area contributed by atoms with Crippen LogP contribution in [-0.4, -0.2) is 0 Å². The minimum absolute atomic E-state index is 0.289. The van der Waals surface area contributed by atoms with Crippen LogP contribution in [0.4, 0.5) is 13.2 Å². The Morgan fingerprint density at radius 1 is 1.15 bits per heavy atom. The summed E-state index contributed by atoms with van der Waals surface area (Å²) < 4.78 is 38.7. The van der Waals surface area contributed by atoms with E-state index < -0.39 is 27.9 Å². The van der Waals surface area contributed by atoms with Gasteiger partial charge in [0.2, 0.25) is 0 Å². The molecule has 0 unspecified atom stereocenters. The van der Waals surface area contributed by atoms with Crippen molar-refractivity contribution in [2.24, 2.45) is 0 Å². The standard InChI is InChI=1S/C8H5Cl2F3/c1-3-4(11)2-5(12)6(7(3)13)8(9)10/h2,8H,1H3. The highest BCUT2D eigenvalue weighted by molar-refractivity contribution is 6.44. The number of alkyl halides is 2. The molecule has 0 saturated heterocycles. The van der Waals surface area contributed by atoms with Crippen LogP contribution in [0.2, 0.25) is 0 Å². The summed E-state index contributed by atoms with van der Waals surface area (Å²) in [4.78, 5) is -1.33. The van der Waals surface area contributed by atoms with Crippen LogP contribution in [-0.2, 0) is 0 Å². The maximum absolute atomic E-state index is 13.1. The quantitative estimate of drug-likeness (QED) is 0.641. The van der Waals surface area contributed by atoms with Gasteiger partial charge in [-0.05, 0) is 6.92 Å². The average molecular weight is 229 g/mol. The van der Waals surface area contributed by atoms with E-state index in [4.69, 9.17) is 23.2 Å². The Morgan fingerprint density at radius 3 is 2.15 bits per heavy atom. The van der Waals surface area contributed by atoms with Crippen molar-refractivity contribution in [3.8, 4) is 0 Å². The Hall–Kier alpha value is -0.410. The molecule has 1 rings (SSSR count). The number of hydrogen-bond acceptors (Lipinski definition) is 0. The van der Waals surface area contributed by atoms with E-state index in [1.165, 1.54) is 6.92 Å². The van der Waals surface area contributed by atoms with Gasteiger partial charge in [0.25, 0.3) is 0 Å². The summed E-state index contributed by atoms with van der Waals surface area (Å²) in [6.07, 6.45) is 0. The first-order valence-electron chi connectivity index (χ1n) is 3.37. The predicted octanol–water partition coefficient (Wildman–Crippen LogP) is 3.89. The van der Waals surface area contributed by atoms with Crippen molar-refractivity contribution in [2.45, 2.75) is 11.8 Å². The third kappa shape index (κ3) is 1.92. The second-order valence-corrected chi connectivity index (χ2v) is 3.59. The van der Waals surface area contributed by atoms with Crippen molar-refractivity contribution in [2.75, 3.05) is 0 Å². The van der Waals surface area contributed by atoms with Crippen LogP contribution in [0.3, 0.4) is 0 Å². The lowest BCUT2D eigenvalue weighted by Crippen LogP contribution is -2.00. The second kappa shape index (κ2) is 3.76. The van der Waals surface area contributed by atoms with Gasteiger partial charge >= 0.3 is 0 Å². The summed E-state index contributed by atoms with van der Waals surface area (Å²) in [5.41, 5.74) is -0.801. The van der Waals surface area contributed by atoms with E-state index in [1.807, 2.05) is 0 Å². The molecule has 0 amide bonds. The smallest absolute Gasteiger partial charge is 0.138 e. The van der Waals surface area contributed by atoms with Gasteiger partial charge in [-0.25, -0.2) is 13.2 Å². The normalized spacial score (nSPS) is 11.0. The largest absolute Gasteiger partial charge is 0.206 e. The Bertz CT molecular complexity index is 337. The number of halogens is 5. The molecule has 0 N–H and O–H groups in total. The van der Waals surface area contributed by atoms with Crippen LogP contribution in [0.1, 0.15) is 16.0 Å². The molecule has 0 aliphatic heterocycles. The van der Waals surface area contributed by atoms with Crippen molar-refractivity contribution in [3.63, 3.8) is 0 Å². The highest BCUT2D eigenvalue weighted by atomic mass is 35.5. The number of hydrogen-bond donors (Lipinski definition) is 0. The van der Waals surface area contributed by atoms with Gasteiger partial charge in [-0.15, -0.1) is 0 Å². The van der Waals surface area contributed by atoms with E-state index in [2.05, 4.69) is 0 Å². The zero-order chi connectivity index (χ0) is 10.2. The lowest BCUT2D eigenvalue weighted by atomic mass is 10.1. The Balaban J connectivity index is 3.44. The van der Waals surface area contributed by atoms with E-state index in [1.54, 1.807) is 0 Å². The van der Waals surface area contributed by atoms with Gasteiger partial charge in [-0.1, -0.05) is 23.2 Å². The van der Waals surface area contributed by atoms with Crippen LogP contribution in [0.5, 0.6) is 0 Å². The maximum Gasteiger partial charge on any atom is 0.138 e. The average Bonchev–Trinajstić information content (AvgIpc) is 1.99. The second-order valence-electron chi connectivity index (χ2n) is 2.49.